The Balaban J connectivity index is 1.26. The second kappa shape index (κ2) is 11.2. The van der Waals surface area contributed by atoms with Gasteiger partial charge in [-0.25, -0.2) is 4.39 Å². The fourth-order valence-electron chi connectivity index (χ4n) is 5.33. The largest absolute Gasteiger partial charge is 0.454 e. The lowest BCUT2D eigenvalue weighted by Crippen LogP contribution is -2.51. The molecular weight excluding hydrogens is 463 g/mol. The van der Waals surface area contributed by atoms with Crippen LogP contribution in [0, 0.1) is 5.82 Å². The molecule has 5 rings (SSSR count). The Morgan fingerprint density at radius 1 is 0.944 bits per heavy atom. The minimum atomic E-state index is -0.615. The number of carbonyl (C=O) groups is 2. The van der Waals surface area contributed by atoms with Crippen molar-refractivity contribution < 1.29 is 23.5 Å². The first-order valence-electron chi connectivity index (χ1n) is 12.8. The number of carbonyl (C=O) groups excluding carboxylic acids is 2. The Morgan fingerprint density at radius 3 is 2.47 bits per heavy atom. The molecule has 9 heteroatoms. The van der Waals surface area contributed by atoms with Crippen molar-refractivity contribution >= 4 is 17.5 Å². The molecule has 2 amide bonds. The van der Waals surface area contributed by atoms with Gasteiger partial charge in [0.15, 0.2) is 11.5 Å². The number of anilines is 1. The Morgan fingerprint density at radius 2 is 1.69 bits per heavy atom. The molecule has 0 bridgehead atoms. The van der Waals surface area contributed by atoms with Crippen LogP contribution in [-0.4, -0.2) is 62.3 Å². The fourth-order valence-corrected chi connectivity index (χ4v) is 5.33. The minimum Gasteiger partial charge on any atom is -0.454 e. The zero-order valence-electron chi connectivity index (χ0n) is 20.4. The van der Waals surface area contributed by atoms with Crippen molar-refractivity contribution in [2.24, 2.45) is 0 Å². The van der Waals surface area contributed by atoms with Gasteiger partial charge in [-0.15, -0.1) is 0 Å². The van der Waals surface area contributed by atoms with Gasteiger partial charge in [0, 0.05) is 38.8 Å². The van der Waals surface area contributed by atoms with E-state index >= 15 is 0 Å². The van der Waals surface area contributed by atoms with Crippen molar-refractivity contribution in [2.75, 3.05) is 44.4 Å². The maximum absolute atomic E-state index is 14.3. The molecule has 2 heterocycles. The van der Waals surface area contributed by atoms with Crippen molar-refractivity contribution in [3.8, 4) is 11.5 Å². The van der Waals surface area contributed by atoms with Crippen LogP contribution < -0.4 is 25.0 Å². The van der Waals surface area contributed by atoms with Crippen molar-refractivity contribution in [1.29, 1.82) is 0 Å². The number of piperazine rings is 1. The van der Waals surface area contributed by atoms with E-state index in [9.17, 15) is 14.0 Å². The van der Waals surface area contributed by atoms with Crippen LogP contribution in [0.2, 0.25) is 0 Å². The van der Waals surface area contributed by atoms with Gasteiger partial charge in [-0.2, -0.15) is 0 Å². The summed E-state index contributed by atoms with van der Waals surface area (Å²) in [4.78, 5) is 29.5. The van der Waals surface area contributed by atoms with E-state index in [0.29, 0.717) is 43.4 Å². The van der Waals surface area contributed by atoms with Gasteiger partial charge >= 0.3 is 11.8 Å². The third-order valence-corrected chi connectivity index (χ3v) is 7.33. The van der Waals surface area contributed by atoms with E-state index in [1.54, 1.807) is 12.1 Å². The summed E-state index contributed by atoms with van der Waals surface area (Å²) in [6.07, 6.45) is 5.19. The topological polar surface area (TPSA) is 83.1 Å². The molecule has 0 spiro atoms. The highest BCUT2D eigenvalue weighted by atomic mass is 19.1. The summed E-state index contributed by atoms with van der Waals surface area (Å²) in [5.74, 6) is -0.0526. The zero-order chi connectivity index (χ0) is 24.9. The average molecular weight is 497 g/mol. The first-order chi connectivity index (χ1) is 17.6. The highest BCUT2D eigenvalue weighted by Crippen LogP contribution is 2.36. The van der Waals surface area contributed by atoms with E-state index in [-0.39, 0.29) is 31.2 Å². The summed E-state index contributed by atoms with van der Waals surface area (Å²) in [7, 11) is 0. The third kappa shape index (κ3) is 5.56. The second-order valence-corrected chi connectivity index (χ2v) is 9.62. The predicted octanol–water partition coefficient (Wildman–Crippen LogP) is 2.98. The van der Waals surface area contributed by atoms with Gasteiger partial charge in [0.05, 0.1) is 11.7 Å². The quantitative estimate of drug-likeness (QED) is 0.599. The fraction of sp³-hybridized carbons (Fsp3) is 0.481. The molecule has 2 aromatic rings. The lowest BCUT2D eigenvalue weighted by molar-refractivity contribution is -0.139. The highest BCUT2D eigenvalue weighted by molar-refractivity contribution is 6.35. The number of para-hydroxylation sites is 1. The third-order valence-electron chi connectivity index (χ3n) is 7.33. The number of nitrogens with zero attached hydrogens (tertiary/aromatic N) is 2. The molecule has 1 saturated carbocycles. The summed E-state index contributed by atoms with van der Waals surface area (Å²) in [6.45, 7) is 3.12. The van der Waals surface area contributed by atoms with Gasteiger partial charge in [-0.05, 0) is 42.7 Å². The molecule has 2 aliphatic heterocycles. The maximum atomic E-state index is 14.3. The van der Waals surface area contributed by atoms with Crippen LogP contribution in [0.15, 0.2) is 42.5 Å². The first-order valence-corrected chi connectivity index (χ1v) is 12.8. The number of nitrogens with one attached hydrogen (secondary N) is 2. The van der Waals surface area contributed by atoms with Gasteiger partial charge in [0.2, 0.25) is 6.79 Å². The van der Waals surface area contributed by atoms with E-state index in [1.807, 2.05) is 29.2 Å². The minimum absolute atomic E-state index is 0.0770. The number of benzene rings is 2. The molecule has 0 aromatic heterocycles. The van der Waals surface area contributed by atoms with E-state index in [0.717, 1.165) is 31.2 Å². The number of hydrogen-bond donors (Lipinski definition) is 2. The molecule has 1 saturated heterocycles. The Kier molecular flexibility index (Phi) is 7.55. The van der Waals surface area contributed by atoms with Crippen LogP contribution >= 0.6 is 0 Å². The van der Waals surface area contributed by atoms with Gasteiger partial charge in [-0.1, -0.05) is 37.5 Å². The van der Waals surface area contributed by atoms with Gasteiger partial charge in [-0.3, -0.25) is 14.5 Å². The SMILES string of the molecule is O=C(NC[C@H](c1ccc2c(c1)OCO2)N1CCN(c2ccccc2F)CC1)C(=O)NC1CCCCC1. The number of amides is 2. The monoisotopic (exact) mass is 496 g/mol. The lowest BCUT2D eigenvalue weighted by Gasteiger charge is -2.40. The Labute approximate surface area is 210 Å². The van der Waals surface area contributed by atoms with E-state index in [4.69, 9.17) is 9.47 Å². The summed E-state index contributed by atoms with van der Waals surface area (Å²) in [5, 5.41) is 5.73. The predicted molar refractivity (Wildman–Crippen MR) is 134 cm³/mol. The van der Waals surface area contributed by atoms with Crippen LogP contribution in [0.3, 0.4) is 0 Å². The van der Waals surface area contributed by atoms with Crippen LogP contribution in [0.5, 0.6) is 11.5 Å². The van der Waals surface area contributed by atoms with Crippen molar-refractivity contribution in [2.45, 2.75) is 44.2 Å². The van der Waals surface area contributed by atoms with Crippen molar-refractivity contribution in [3.63, 3.8) is 0 Å². The Bertz CT molecular complexity index is 1080. The molecular formula is C27H33FN4O4. The molecule has 2 N–H and O–H groups in total. The maximum Gasteiger partial charge on any atom is 0.309 e. The van der Waals surface area contributed by atoms with E-state index in [2.05, 4.69) is 15.5 Å². The van der Waals surface area contributed by atoms with Crippen LogP contribution in [0.25, 0.3) is 0 Å². The molecule has 3 aliphatic rings. The van der Waals surface area contributed by atoms with E-state index < -0.39 is 11.8 Å². The number of fused-ring (bicyclic) bond motifs is 1. The first kappa shape index (κ1) is 24.4. The lowest BCUT2D eigenvalue weighted by atomic mass is 9.95. The second-order valence-electron chi connectivity index (χ2n) is 9.62. The van der Waals surface area contributed by atoms with Crippen LogP contribution in [0.1, 0.15) is 43.7 Å². The number of halogens is 1. The van der Waals surface area contributed by atoms with Crippen LogP contribution in [0.4, 0.5) is 10.1 Å². The number of rotatable bonds is 6. The van der Waals surface area contributed by atoms with E-state index in [1.165, 1.54) is 12.5 Å². The summed E-state index contributed by atoms with van der Waals surface area (Å²) in [6, 6.07) is 12.5. The number of ether oxygens (including phenoxy) is 2. The normalized spacial score (nSPS) is 19.1. The van der Waals surface area contributed by atoms with Crippen molar-refractivity contribution in [1.82, 2.24) is 15.5 Å². The molecule has 0 unspecified atom stereocenters. The molecule has 1 aliphatic carbocycles. The molecule has 8 nitrogen and oxygen atoms in total. The molecule has 192 valence electrons. The van der Waals surface area contributed by atoms with Gasteiger partial charge < -0.3 is 25.0 Å². The molecule has 2 aromatic carbocycles. The van der Waals surface area contributed by atoms with Crippen LogP contribution in [-0.2, 0) is 9.59 Å². The standard InChI is InChI=1S/C27H33FN4O4/c28-21-8-4-5-9-22(21)31-12-14-32(15-13-31)23(19-10-11-24-25(16-19)36-18-35-24)17-29-26(33)27(34)30-20-6-2-1-3-7-20/h4-5,8-11,16,20,23H,1-3,6-7,12-15,17-18H2,(H,29,33)(H,30,34)/t23-/m1/s1. The summed E-state index contributed by atoms with van der Waals surface area (Å²) >= 11 is 0. The van der Waals surface area contributed by atoms with Gasteiger partial charge in [0.25, 0.3) is 0 Å². The molecule has 2 fully saturated rings. The number of hydrogen-bond acceptors (Lipinski definition) is 6. The molecule has 1 atom stereocenters. The smallest absolute Gasteiger partial charge is 0.309 e. The van der Waals surface area contributed by atoms with Crippen molar-refractivity contribution in [3.05, 3.63) is 53.8 Å². The zero-order valence-corrected chi connectivity index (χ0v) is 20.4. The molecule has 36 heavy (non-hydrogen) atoms. The van der Waals surface area contributed by atoms with Gasteiger partial charge in [0.1, 0.15) is 5.82 Å². The Hall–Kier alpha value is -3.33. The highest BCUT2D eigenvalue weighted by Gasteiger charge is 2.29. The molecule has 0 radical (unpaired) electrons. The average Bonchev–Trinajstić information content (AvgIpc) is 3.38. The summed E-state index contributed by atoms with van der Waals surface area (Å²) in [5.41, 5.74) is 1.57. The summed E-state index contributed by atoms with van der Waals surface area (Å²) < 4.78 is 25.3.